The first-order valence-corrected chi connectivity index (χ1v) is 5.59. The summed E-state index contributed by atoms with van der Waals surface area (Å²) in [5.41, 5.74) is 6.54. The SMILES string of the molecule is NCCc1ccc(Oc2cncc(Cl)c2)nc1. The molecule has 0 saturated carbocycles. The molecule has 2 heterocycles. The lowest BCUT2D eigenvalue weighted by atomic mass is 10.2. The Balaban J connectivity index is 2.08. The molecule has 4 nitrogen and oxygen atoms in total. The highest BCUT2D eigenvalue weighted by Gasteiger charge is 2.00. The smallest absolute Gasteiger partial charge is 0.219 e. The third kappa shape index (κ3) is 3.41. The molecular weight excluding hydrogens is 238 g/mol. The maximum absolute atomic E-state index is 5.80. The van der Waals surface area contributed by atoms with Gasteiger partial charge in [0.2, 0.25) is 5.88 Å². The minimum atomic E-state index is 0.509. The first-order chi connectivity index (χ1) is 8.28. The summed E-state index contributed by atoms with van der Waals surface area (Å²) < 4.78 is 5.50. The van der Waals surface area contributed by atoms with Crippen LogP contribution in [-0.2, 0) is 6.42 Å². The van der Waals surface area contributed by atoms with Crippen molar-refractivity contribution in [2.75, 3.05) is 6.54 Å². The van der Waals surface area contributed by atoms with Gasteiger partial charge in [0, 0.05) is 24.5 Å². The second-order valence-electron chi connectivity index (χ2n) is 3.48. The van der Waals surface area contributed by atoms with Crippen molar-refractivity contribution in [2.24, 2.45) is 5.73 Å². The average Bonchev–Trinajstić information content (AvgIpc) is 2.32. The number of aromatic nitrogens is 2. The predicted molar refractivity (Wildman–Crippen MR) is 66.3 cm³/mol. The normalized spacial score (nSPS) is 10.2. The Morgan fingerprint density at radius 2 is 2.12 bits per heavy atom. The fourth-order valence-electron chi connectivity index (χ4n) is 1.35. The van der Waals surface area contributed by atoms with E-state index in [0.29, 0.717) is 23.2 Å². The van der Waals surface area contributed by atoms with Gasteiger partial charge in [-0.1, -0.05) is 17.7 Å². The molecule has 0 unspecified atom stereocenters. The van der Waals surface area contributed by atoms with E-state index in [-0.39, 0.29) is 0 Å². The summed E-state index contributed by atoms with van der Waals surface area (Å²) in [6, 6.07) is 5.42. The zero-order valence-corrected chi connectivity index (χ0v) is 9.89. The number of rotatable bonds is 4. The van der Waals surface area contributed by atoms with Gasteiger partial charge in [0.1, 0.15) is 5.75 Å². The van der Waals surface area contributed by atoms with Crippen LogP contribution in [0.25, 0.3) is 0 Å². The number of pyridine rings is 2. The average molecular weight is 250 g/mol. The van der Waals surface area contributed by atoms with E-state index in [1.54, 1.807) is 30.7 Å². The molecule has 2 N–H and O–H groups in total. The highest BCUT2D eigenvalue weighted by molar-refractivity contribution is 6.30. The van der Waals surface area contributed by atoms with Gasteiger partial charge in [0.15, 0.2) is 0 Å². The van der Waals surface area contributed by atoms with E-state index in [4.69, 9.17) is 22.1 Å². The van der Waals surface area contributed by atoms with Crippen molar-refractivity contribution in [2.45, 2.75) is 6.42 Å². The van der Waals surface area contributed by atoms with Gasteiger partial charge in [0.05, 0.1) is 11.2 Å². The number of hydrogen-bond donors (Lipinski definition) is 1. The Kier molecular flexibility index (Phi) is 3.90. The molecule has 0 bridgehead atoms. The molecule has 0 aliphatic carbocycles. The van der Waals surface area contributed by atoms with Crippen molar-refractivity contribution >= 4 is 11.6 Å². The molecular formula is C12H12ClN3O. The van der Waals surface area contributed by atoms with E-state index in [9.17, 15) is 0 Å². The molecule has 2 aromatic rings. The second kappa shape index (κ2) is 5.61. The molecule has 0 atom stereocenters. The van der Waals surface area contributed by atoms with Crippen molar-refractivity contribution in [1.82, 2.24) is 9.97 Å². The zero-order chi connectivity index (χ0) is 12.1. The van der Waals surface area contributed by atoms with Gasteiger partial charge in [-0.2, -0.15) is 0 Å². The number of nitrogens with zero attached hydrogens (tertiary/aromatic N) is 2. The Morgan fingerprint density at radius 1 is 1.24 bits per heavy atom. The summed E-state index contributed by atoms with van der Waals surface area (Å²) in [5.74, 6) is 1.08. The number of ether oxygens (including phenoxy) is 1. The van der Waals surface area contributed by atoms with Gasteiger partial charge in [-0.3, -0.25) is 4.98 Å². The molecule has 0 spiro atoms. The van der Waals surface area contributed by atoms with Crippen molar-refractivity contribution < 1.29 is 4.74 Å². The highest BCUT2D eigenvalue weighted by atomic mass is 35.5. The topological polar surface area (TPSA) is 61.0 Å². The van der Waals surface area contributed by atoms with Crippen LogP contribution in [-0.4, -0.2) is 16.5 Å². The lowest BCUT2D eigenvalue weighted by Crippen LogP contribution is -2.02. The monoisotopic (exact) mass is 249 g/mol. The zero-order valence-electron chi connectivity index (χ0n) is 9.14. The Labute approximate surface area is 104 Å². The summed E-state index contributed by atoms with van der Waals surface area (Å²) in [7, 11) is 0. The van der Waals surface area contributed by atoms with Crippen molar-refractivity contribution in [3.05, 3.63) is 47.4 Å². The van der Waals surface area contributed by atoms with E-state index in [1.165, 1.54) is 0 Å². The quantitative estimate of drug-likeness (QED) is 0.904. The van der Waals surface area contributed by atoms with Crippen molar-refractivity contribution in [3.8, 4) is 11.6 Å². The van der Waals surface area contributed by atoms with Crippen LogP contribution in [0.15, 0.2) is 36.8 Å². The van der Waals surface area contributed by atoms with Crippen LogP contribution < -0.4 is 10.5 Å². The first kappa shape index (κ1) is 11.8. The lowest BCUT2D eigenvalue weighted by molar-refractivity contribution is 0.460. The lowest BCUT2D eigenvalue weighted by Gasteiger charge is -2.05. The molecule has 0 radical (unpaired) electrons. The summed E-state index contributed by atoms with van der Waals surface area (Å²) in [5, 5.41) is 0.530. The van der Waals surface area contributed by atoms with Gasteiger partial charge in [-0.15, -0.1) is 0 Å². The highest BCUT2D eigenvalue weighted by Crippen LogP contribution is 2.21. The van der Waals surface area contributed by atoms with Crippen LogP contribution in [0, 0.1) is 0 Å². The van der Waals surface area contributed by atoms with E-state index < -0.39 is 0 Å². The van der Waals surface area contributed by atoms with E-state index >= 15 is 0 Å². The predicted octanol–water partition coefficient (Wildman–Crippen LogP) is 2.42. The van der Waals surface area contributed by atoms with Gasteiger partial charge in [-0.05, 0) is 18.5 Å². The molecule has 0 aromatic carbocycles. The maximum Gasteiger partial charge on any atom is 0.219 e. The molecule has 0 fully saturated rings. The molecule has 5 heteroatoms. The fraction of sp³-hybridized carbons (Fsp3) is 0.167. The van der Waals surface area contributed by atoms with E-state index in [1.807, 2.05) is 6.07 Å². The molecule has 17 heavy (non-hydrogen) atoms. The van der Waals surface area contributed by atoms with Crippen LogP contribution >= 0.6 is 11.6 Å². The third-order valence-corrected chi connectivity index (χ3v) is 2.34. The van der Waals surface area contributed by atoms with Crippen molar-refractivity contribution in [1.29, 1.82) is 0 Å². The molecule has 0 saturated heterocycles. The molecule has 0 aliphatic rings. The minimum absolute atomic E-state index is 0.509. The molecule has 2 aromatic heterocycles. The molecule has 0 aliphatic heterocycles. The first-order valence-electron chi connectivity index (χ1n) is 5.21. The van der Waals surface area contributed by atoms with Gasteiger partial charge < -0.3 is 10.5 Å². The maximum atomic E-state index is 5.80. The Hall–Kier alpha value is -1.65. The van der Waals surface area contributed by atoms with Gasteiger partial charge in [-0.25, -0.2) is 4.98 Å². The summed E-state index contributed by atoms with van der Waals surface area (Å²) in [4.78, 5) is 8.10. The summed E-state index contributed by atoms with van der Waals surface area (Å²) in [6.07, 6.45) is 5.69. The van der Waals surface area contributed by atoms with E-state index in [0.717, 1.165) is 12.0 Å². The number of nitrogens with two attached hydrogens (primary N) is 1. The standard InChI is InChI=1S/C12H12ClN3O/c13-10-5-11(8-15-7-10)17-12-2-1-9(3-4-14)6-16-12/h1-2,5-8H,3-4,14H2. The number of halogens is 1. The summed E-state index contributed by atoms with van der Waals surface area (Å²) in [6.45, 7) is 0.611. The van der Waals surface area contributed by atoms with Gasteiger partial charge >= 0.3 is 0 Å². The molecule has 88 valence electrons. The largest absolute Gasteiger partial charge is 0.437 e. The Morgan fingerprint density at radius 3 is 2.76 bits per heavy atom. The van der Waals surface area contributed by atoms with Gasteiger partial charge in [0.25, 0.3) is 0 Å². The van der Waals surface area contributed by atoms with Crippen molar-refractivity contribution in [3.63, 3.8) is 0 Å². The van der Waals surface area contributed by atoms with E-state index in [2.05, 4.69) is 9.97 Å². The Bertz CT molecular complexity index is 487. The van der Waals surface area contributed by atoms with Crippen LogP contribution in [0.4, 0.5) is 0 Å². The fourth-order valence-corrected chi connectivity index (χ4v) is 1.52. The van der Waals surface area contributed by atoms with Crippen LogP contribution in [0.3, 0.4) is 0 Å². The summed E-state index contributed by atoms with van der Waals surface area (Å²) >= 11 is 5.80. The third-order valence-electron chi connectivity index (χ3n) is 2.13. The second-order valence-corrected chi connectivity index (χ2v) is 3.92. The van der Waals surface area contributed by atoms with Crippen LogP contribution in [0.5, 0.6) is 11.6 Å². The number of hydrogen-bond acceptors (Lipinski definition) is 4. The minimum Gasteiger partial charge on any atom is -0.437 e. The van der Waals surface area contributed by atoms with Crippen LogP contribution in [0.2, 0.25) is 5.02 Å². The van der Waals surface area contributed by atoms with Crippen LogP contribution in [0.1, 0.15) is 5.56 Å². The molecule has 2 rings (SSSR count). The molecule has 0 amide bonds.